The number of fused-ring (bicyclic) bond motifs is 2. The summed E-state index contributed by atoms with van der Waals surface area (Å²) in [6.45, 7) is 3.80. The first kappa shape index (κ1) is 13.9. The van der Waals surface area contributed by atoms with Crippen molar-refractivity contribution in [2.24, 2.45) is 17.8 Å². The Morgan fingerprint density at radius 3 is 2.75 bits per heavy atom. The third-order valence-corrected chi connectivity index (χ3v) is 4.83. The predicted molar refractivity (Wildman–Crippen MR) is 81.2 cm³/mol. The first-order valence-corrected chi connectivity index (χ1v) is 7.90. The Morgan fingerprint density at radius 2 is 2.10 bits per heavy atom. The molecule has 1 heterocycles. The molecule has 0 saturated heterocycles. The molecule has 0 aliphatic heterocycles. The van der Waals surface area contributed by atoms with Crippen LogP contribution < -0.4 is 10.2 Å². The summed E-state index contributed by atoms with van der Waals surface area (Å²) in [6.07, 6.45) is 5.64. The summed E-state index contributed by atoms with van der Waals surface area (Å²) in [5, 5.41) is 3.35. The zero-order valence-corrected chi connectivity index (χ0v) is 12.9. The summed E-state index contributed by atoms with van der Waals surface area (Å²) >= 11 is 5.98. The first-order valence-electron chi connectivity index (χ1n) is 7.52. The summed E-state index contributed by atoms with van der Waals surface area (Å²) in [7, 11) is 2.05. The highest BCUT2D eigenvalue weighted by atomic mass is 35.5. The second-order valence-electron chi connectivity index (χ2n) is 6.07. The lowest BCUT2D eigenvalue weighted by Crippen LogP contribution is -2.30. The monoisotopic (exact) mass is 295 g/mol. The maximum atomic E-state index is 5.98. The van der Waals surface area contributed by atoms with Gasteiger partial charge in [-0.05, 0) is 55.5 Å². The number of halogens is 1. The third kappa shape index (κ3) is 2.82. The normalized spacial score (nSPS) is 27.9. The Labute approximate surface area is 125 Å². The number of hydrogen-bond donors (Lipinski definition) is 1. The van der Waals surface area contributed by atoms with Gasteiger partial charge in [-0.2, -0.15) is 15.0 Å². The Hall–Kier alpha value is -1.10. The average molecular weight is 296 g/mol. The van der Waals surface area contributed by atoms with E-state index in [4.69, 9.17) is 11.6 Å². The third-order valence-electron chi connectivity index (χ3n) is 4.67. The van der Waals surface area contributed by atoms with E-state index in [1.54, 1.807) is 0 Å². The van der Waals surface area contributed by atoms with Gasteiger partial charge in [0, 0.05) is 20.1 Å². The standard InChI is InChI=1S/C14H22ClN5/c1-3-16-13-17-12(15)18-14(19-13)20(2)8-11-7-9-4-5-10(11)6-9/h9-11H,3-8H2,1-2H3,(H,16,17,18,19). The maximum absolute atomic E-state index is 5.98. The fourth-order valence-corrected chi connectivity index (χ4v) is 3.94. The minimum absolute atomic E-state index is 0.255. The van der Waals surface area contributed by atoms with Crippen molar-refractivity contribution in [2.45, 2.75) is 32.6 Å². The van der Waals surface area contributed by atoms with E-state index in [0.717, 1.165) is 30.8 Å². The van der Waals surface area contributed by atoms with Crippen molar-refractivity contribution in [1.82, 2.24) is 15.0 Å². The Morgan fingerprint density at radius 1 is 1.25 bits per heavy atom. The van der Waals surface area contributed by atoms with Crippen LogP contribution in [0, 0.1) is 17.8 Å². The molecule has 5 nitrogen and oxygen atoms in total. The van der Waals surface area contributed by atoms with Gasteiger partial charge in [0.1, 0.15) is 0 Å². The average Bonchev–Trinajstić information content (AvgIpc) is 3.00. The Bertz CT molecular complexity index is 481. The van der Waals surface area contributed by atoms with Crippen LogP contribution in [0.15, 0.2) is 0 Å². The lowest BCUT2D eigenvalue weighted by atomic mass is 9.88. The number of aromatic nitrogens is 3. The fourth-order valence-electron chi connectivity index (χ4n) is 3.78. The molecule has 0 amide bonds. The lowest BCUT2D eigenvalue weighted by molar-refractivity contribution is 0.336. The van der Waals surface area contributed by atoms with Crippen LogP contribution in [0.25, 0.3) is 0 Å². The Kier molecular flexibility index (Phi) is 3.96. The predicted octanol–water partition coefficient (Wildman–Crippen LogP) is 2.83. The van der Waals surface area contributed by atoms with Crippen LogP contribution in [0.4, 0.5) is 11.9 Å². The van der Waals surface area contributed by atoms with Gasteiger partial charge in [0.15, 0.2) is 0 Å². The lowest BCUT2D eigenvalue weighted by Gasteiger charge is -2.27. The molecule has 3 unspecified atom stereocenters. The van der Waals surface area contributed by atoms with Gasteiger partial charge in [0.05, 0.1) is 0 Å². The van der Waals surface area contributed by atoms with Gasteiger partial charge >= 0.3 is 0 Å². The fraction of sp³-hybridized carbons (Fsp3) is 0.786. The van der Waals surface area contributed by atoms with E-state index in [1.807, 2.05) is 14.0 Å². The largest absolute Gasteiger partial charge is 0.354 e. The highest BCUT2D eigenvalue weighted by molar-refractivity contribution is 6.28. The molecule has 3 rings (SSSR count). The minimum Gasteiger partial charge on any atom is -0.354 e. The topological polar surface area (TPSA) is 53.9 Å². The quantitative estimate of drug-likeness (QED) is 0.905. The number of nitrogens with zero attached hydrogens (tertiary/aromatic N) is 4. The van der Waals surface area contributed by atoms with Gasteiger partial charge in [0.2, 0.25) is 17.2 Å². The first-order chi connectivity index (χ1) is 9.65. The van der Waals surface area contributed by atoms with Crippen LogP contribution in [0.2, 0.25) is 5.28 Å². The van der Waals surface area contributed by atoms with Gasteiger partial charge in [0.25, 0.3) is 0 Å². The highest BCUT2D eigenvalue weighted by Gasteiger charge is 2.39. The molecule has 1 aromatic heterocycles. The highest BCUT2D eigenvalue weighted by Crippen LogP contribution is 2.48. The summed E-state index contributed by atoms with van der Waals surface area (Å²) in [5.41, 5.74) is 0. The van der Waals surface area contributed by atoms with Crippen molar-refractivity contribution in [1.29, 1.82) is 0 Å². The molecule has 3 atom stereocenters. The number of anilines is 2. The van der Waals surface area contributed by atoms with Gasteiger partial charge < -0.3 is 10.2 Å². The molecule has 0 radical (unpaired) electrons. The molecule has 1 N–H and O–H groups in total. The van der Waals surface area contributed by atoms with E-state index in [2.05, 4.69) is 25.2 Å². The molecule has 2 bridgehead atoms. The van der Waals surface area contributed by atoms with E-state index in [1.165, 1.54) is 25.7 Å². The summed E-state index contributed by atoms with van der Waals surface area (Å²) in [5.74, 6) is 3.90. The SMILES string of the molecule is CCNc1nc(Cl)nc(N(C)CC2CC3CCC2C3)n1. The van der Waals surface area contributed by atoms with Crippen molar-refractivity contribution in [2.75, 3.05) is 30.4 Å². The maximum Gasteiger partial charge on any atom is 0.231 e. The van der Waals surface area contributed by atoms with E-state index in [9.17, 15) is 0 Å². The molecule has 110 valence electrons. The molecule has 2 fully saturated rings. The number of hydrogen-bond acceptors (Lipinski definition) is 5. The van der Waals surface area contributed by atoms with Crippen molar-refractivity contribution in [3.8, 4) is 0 Å². The van der Waals surface area contributed by atoms with Crippen molar-refractivity contribution in [3.05, 3.63) is 5.28 Å². The number of rotatable bonds is 5. The van der Waals surface area contributed by atoms with Gasteiger partial charge in [-0.15, -0.1) is 0 Å². The smallest absolute Gasteiger partial charge is 0.231 e. The zero-order chi connectivity index (χ0) is 14.1. The molecule has 6 heteroatoms. The van der Waals surface area contributed by atoms with Crippen LogP contribution in [-0.4, -0.2) is 35.1 Å². The summed E-state index contributed by atoms with van der Waals surface area (Å²) in [6, 6.07) is 0. The molecule has 0 spiro atoms. The minimum atomic E-state index is 0.255. The van der Waals surface area contributed by atoms with Crippen LogP contribution >= 0.6 is 11.6 Å². The summed E-state index contributed by atoms with van der Waals surface area (Å²) < 4.78 is 0. The number of nitrogens with one attached hydrogen (secondary N) is 1. The molecule has 2 saturated carbocycles. The van der Waals surface area contributed by atoms with Gasteiger partial charge in [-0.25, -0.2) is 0 Å². The van der Waals surface area contributed by atoms with Crippen molar-refractivity contribution in [3.63, 3.8) is 0 Å². The second-order valence-corrected chi connectivity index (χ2v) is 6.41. The Balaban J connectivity index is 1.68. The molecule has 20 heavy (non-hydrogen) atoms. The molecule has 2 aliphatic carbocycles. The van der Waals surface area contributed by atoms with Crippen molar-refractivity contribution < 1.29 is 0 Å². The molecule has 2 aliphatic rings. The molecule has 0 aromatic carbocycles. The van der Waals surface area contributed by atoms with Crippen LogP contribution in [0.5, 0.6) is 0 Å². The summed E-state index contributed by atoms with van der Waals surface area (Å²) in [4.78, 5) is 14.9. The van der Waals surface area contributed by atoms with Gasteiger partial charge in [-0.3, -0.25) is 0 Å². The van der Waals surface area contributed by atoms with E-state index in [0.29, 0.717) is 11.9 Å². The zero-order valence-electron chi connectivity index (χ0n) is 12.1. The van der Waals surface area contributed by atoms with Crippen molar-refractivity contribution >= 4 is 23.5 Å². The van der Waals surface area contributed by atoms with Gasteiger partial charge in [-0.1, -0.05) is 6.42 Å². The van der Waals surface area contributed by atoms with E-state index in [-0.39, 0.29) is 5.28 Å². The second kappa shape index (κ2) is 5.72. The van der Waals surface area contributed by atoms with Crippen LogP contribution in [0.3, 0.4) is 0 Å². The van der Waals surface area contributed by atoms with Crippen LogP contribution in [-0.2, 0) is 0 Å². The van der Waals surface area contributed by atoms with Crippen LogP contribution in [0.1, 0.15) is 32.6 Å². The molecule has 1 aromatic rings. The van der Waals surface area contributed by atoms with E-state index < -0.39 is 0 Å². The molecular formula is C14H22ClN5. The molecular weight excluding hydrogens is 274 g/mol. The van der Waals surface area contributed by atoms with E-state index >= 15 is 0 Å².